The number of rotatable bonds is 7. The molecule has 2 atom stereocenters. The second kappa shape index (κ2) is 8.72. The first kappa shape index (κ1) is 19.8. The van der Waals surface area contributed by atoms with E-state index in [-0.39, 0.29) is 16.8 Å². The minimum Gasteiger partial charge on any atom is -0.415 e. The molecule has 0 radical (unpaired) electrons. The van der Waals surface area contributed by atoms with Crippen molar-refractivity contribution in [3.8, 4) is 0 Å². The lowest BCUT2D eigenvalue weighted by molar-refractivity contribution is 0.0699. The number of likely N-dealkylation sites (tertiary alicyclic amines) is 1. The van der Waals surface area contributed by atoms with Gasteiger partial charge in [0, 0.05) is 31.2 Å². The molecule has 1 aliphatic heterocycles. The van der Waals surface area contributed by atoms with Crippen molar-refractivity contribution in [3.05, 3.63) is 35.9 Å². The van der Waals surface area contributed by atoms with E-state index in [1.165, 1.54) is 0 Å². The lowest BCUT2D eigenvalue weighted by Gasteiger charge is -2.39. The van der Waals surface area contributed by atoms with Crippen LogP contribution in [0.15, 0.2) is 30.3 Å². The Bertz CT molecular complexity index is 528. The van der Waals surface area contributed by atoms with Crippen LogP contribution in [0.1, 0.15) is 29.6 Å². The molecule has 134 valence electrons. The summed E-state index contributed by atoms with van der Waals surface area (Å²) in [5.41, 5.74) is 7.13. The molecule has 0 saturated carbocycles. The van der Waals surface area contributed by atoms with Crippen LogP contribution < -0.4 is 5.73 Å². The van der Waals surface area contributed by atoms with Gasteiger partial charge in [-0.2, -0.15) is 0 Å². The van der Waals surface area contributed by atoms with Gasteiger partial charge < -0.3 is 10.2 Å². The average Bonchev–Trinajstić information content (AvgIpc) is 2.54. The first-order valence-electron chi connectivity index (χ1n) is 8.66. The van der Waals surface area contributed by atoms with Crippen LogP contribution in [-0.4, -0.2) is 49.2 Å². The zero-order valence-corrected chi connectivity index (χ0v) is 17.5. The van der Waals surface area contributed by atoms with Gasteiger partial charge in [-0.15, -0.1) is 0 Å². The van der Waals surface area contributed by atoms with E-state index >= 15 is 0 Å². The third-order valence-corrected chi connectivity index (χ3v) is 6.17. The lowest BCUT2D eigenvalue weighted by atomic mass is 10.0. The zero-order chi connectivity index (χ0) is 17.7. The van der Waals surface area contributed by atoms with Crippen LogP contribution >= 0.6 is 15.9 Å². The normalized spacial score (nSPS) is 19.9. The summed E-state index contributed by atoms with van der Waals surface area (Å²) in [5, 5.41) is 0. The molecular weight excluding hydrogens is 384 g/mol. The summed E-state index contributed by atoms with van der Waals surface area (Å²) in [7, 11) is -1.48. The van der Waals surface area contributed by atoms with E-state index in [0.29, 0.717) is 12.5 Å². The summed E-state index contributed by atoms with van der Waals surface area (Å²) in [6, 6.07) is 9.40. The van der Waals surface area contributed by atoms with Crippen LogP contribution in [0.5, 0.6) is 0 Å². The molecule has 6 heteroatoms. The molecule has 0 spiro atoms. The number of benzene rings is 1. The SMILES string of the molecule is C[Si](C)(C)OC1CCN(C(N)C(Br)CC(=O)c2ccccc2)CC1. The van der Waals surface area contributed by atoms with Gasteiger partial charge >= 0.3 is 0 Å². The molecule has 1 heterocycles. The van der Waals surface area contributed by atoms with Crippen molar-refractivity contribution in [1.82, 2.24) is 4.90 Å². The standard InChI is InChI=1S/C18H29BrN2O2Si/c1-24(2,3)23-15-9-11-21(12-10-15)18(20)16(19)13-17(22)14-7-5-4-6-8-14/h4-8,15-16,18H,9-13,20H2,1-3H3. The first-order valence-corrected chi connectivity index (χ1v) is 13.0. The van der Waals surface area contributed by atoms with E-state index in [9.17, 15) is 4.79 Å². The summed E-state index contributed by atoms with van der Waals surface area (Å²) in [4.78, 5) is 14.6. The summed E-state index contributed by atoms with van der Waals surface area (Å²) in [6.07, 6.45) is 2.66. The third kappa shape index (κ3) is 6.08. The van der Waals surface area contributed by atoms with E-state index in [1.54, 1.807) is 0 Å². The van der Waals surface area contributed by atoms with Crippen molar-refractivity contribution in [1.29, 1.82) is 0 Å². The smallest absolute Gasteiger partial charge is 0.184 e. The fourth-order valence-corrected chi connectivity index (χ4v) is 4.92. The average molecular weight is 413 g/mol. The highest BCUT2D eigenvalue weighted by Gasteiger charge is 2.30. The van der Waals surface area contributed by atoms with E-state index in [2.05, 4.69) is 40.5 Å². The van der Waals surface area contributed by atoms with Crippen LogP contribution in [-0.2, 0) is 4.43 Å². The highest BCUT2D eigenvalue weighted by molar-refractivity contribution is 9.09. The molecule has 2 N–H and O–H groups in total. The first-order chi connectivity index (χ1) is 11.3. The van der Waals surface area contributed by atoms with Gasteiger partial charge in [-0.1, -0.05) is 46.3 Å². The second-order valence-electron chi connectivity index (χ2n) is 7.47. The predicted molar refractivity (Wildman–Crippen MR) is 105 cm³/mol. The largest absolute Gasteiger partial charge is 0.415 e. The molecule has 0 bridgehead atoms. The topological polar surface area (TPSA) is 55.6 Å². The number of nitrogens with zero attached hydrogens (tertiary/aromatic N) is 1. The maximum absolute atomic E-state index is 12.3. The zero-order valence-electron chi connectivity index (χ0n) is 14.9. The third-order valence-electron chi connectivity index (χ3n) is 4.27. The van der Waals surface area contributed by atoms with Crippen LogP contribution in [0.3, 0.4) is 0 Å². The highest BCUT2D eigenvalue weighted by Crippen LogP contribution is 2.22. The number of Topliss-reactive ketones (excluding diaryl/α,β-unsaturated/α-hetero) is 1. The van der Waals surface area contributed by atoms with Gasteiger partial charge in [0.2, 0.25) is 0 Å². The minimum atomic E-state index is -1.48. The fraction of sp³-hybridized carbons (Fsp3) is 0.611. The summed E-state index contributed by atoms with van der Waals surface area (Å²) in [6.45, 7) is 8.55. The molecule has 1 aliphatic rings. The van der Waals surface area contributed by atoms with Crippen LogP contribution in [0, 0.1) is 0 Å². The maximum atomic E-state index is 12.3. The van der Waals surface area contributed by atoms with Gasteiger partial charge in [0.15, 0.2) is 14.1 Å². The Morgan fingerprint density at radius 2 is 1.88 bits per heavy atom. The van der Waals surface area contributed by atoms with Gasteiger partial charge in [-0.3, -0.25) is 9.69 Å². The molecule has 24 heavy (non-hydrogen) atoms. The molecule has 4 nitrogen and oxygen atoms in total. The Hall–Kier alpha value is -0.533. The summed E-state index contributed by atoms with van der Waals surface area (Å²) < 4.78 is 6.20. The Labute approximate surface area is 155 Å². The minimum absolute atomic E-state index is 0.0420. The van der Waals surface area contributed by atoms with Crippen molar-refractivity contribution >= 4 is 30.0 Å². The number of ketones is 1. The van der Waals surface area contributed by atoms with Gasteiger partial charge in [0.05, 0.1) is 11.0 Å². The molecule has 2 rings (SSSR count). The fourth-order valence-electron chi connectivity index (χ4n) is 3.06. The molecule has 1 aromatic carbocycles. The van der Waals surface area contributed by atoms with Crippen molar-refractivity contribution < 1.29 is 9.22 Å². The van der Waals surface area contributed by atoms with Gasteiger partial charge in [0.1, 0.15) is 0 Å². The van der Waals surface area contributed by atoms with E-state index in [0.717, 1.165) is 31.5 Å². The Balaban J connectivity index is 1.82. The van der Waals surface area contributed by atoms with Crippen molar-refractivity contribution in [2.75, 3.05) is 13.1 Å². The molecule has 0 aromatic heterocycles. The van der Waals surface area contributed by atoms with Crippen molar-refractivity contribution in [2.45, 2.75) is 56.0 Å². The summed E-state index contributed by atoms with van der Waals surface area (Å²) >= 11 is 3.63. The van der Waals surface area contributed by atoms with Gasteiger partial charge in [0.25, 0.3) is 0 Å². The van der Waals surface area contributed by atoms with E-state index in [4.69, 9.17) is 10.2 Å². The maximum Gasteiger partial charge on any atom is 0.184 e. The van der Waals surface area contributed by atoms with Gasteiger partial charge in [-0.25, -0.2) is 0 Å². The number of halogens is 1. The number of carbonyl (C=O) groups is 1. The summed E-state index contributed by atoms with van der Waals surface area (Å²) in [5.74, 6) is 0.130. The number of piperidine rings is 1. The second-order valence-corrected chi connectivity index (χ2v) is 13.1. The quantitative estimate of drug-likeness (QED) is 0.422. The molecule has 1 fully saturated rings. The molecular formula is C18H29BrN2O2Si. The highest BCUT2D eigenvalue weighted by atomic mass is 79.9. The molecule has 0 amide bonds. The van der Waals surface area contributed by atoms with Crippen LogP contribution in [0.25, 0.3) is 0 Å². The number of nitrogens with two attached hydrogens (primary N) is 1. The number of alkyl halides is 1. The number of hydrogen-bond donors (Lipinski definition) is 1. The van der Waals surface area contributed by atoms with Crippen LogP contribution in [0.2, 0.25) is 19.6 Å². The monoisotopic (exact) mass is 412 g/mol. The van der Waals surface area contributed by atoms with Crippen LogP contribution in [0.4, 0.5) is 0 Å². The lowest BCUT2D eigenvalue weighted by Crippen LogP contribution is -2.53. The van der Waals surface area contributed by atoms with Gasteiger partial charge in [-0.05, 0) is 32.5 Å². The van der Waals surface area contributed by atoms with E-state index in [1.807, 2.05) is 30.3 Å². The van der Waals surface area contributed by atoms with Crippen molar-refractivity contribution in [3.63, 3.8) is 0 Å². The number of carbonyl (C=O) groups excluding carboxylic acids is 1. The Morgan fingerprint density at radius 1 is 1.29 bits per heavy atom. The molecule has 2 unspecified atom stereocenters. The molecule has 1 aromatic rings. The molecule has 1 saturated heterocycles. The van der Waals surface area contributed by atoms with Crippen molar-refractivity contribution in [2.24, 2.45) is 5.73 Å². The Kier molecular flexibility index (Phi) is 7.19. The van der Waals surface area contributed by atoms with E-state index < -0.39 is 8.32 Å². The predicted octanol–water partition coefficient (Wildman–Crippen LogP) is 3.62. The Morgan fingerprint density at radius 3 is 2.42 bits per heavy atom. The number of hydrogen-bond acceptors (Lipinski definition) is 4. The molecule has 0 aliphatic carbocycles.